The summed E-state index contributed by atoms with van der Waals surface area (Å²) in [7, 11) is 0. The summed E-state index contributed by atoms with van der Waals surface area (Å²) in [4.78, 5) is 3.98. The standard InChI is InChI=1S/C14H23F3N2/c15-14(16,17)13(18-11-7-3-1-4-8-11)19-12-9-5-2-6-10-12/h11-12H,1-10H2,(H,18,19). The van der Waals surface area contributed by atoms with E-state index in [4.69, 9.17) is 0 Å². The average Bonchev–Trinajstić information content (AvgIpc) is 2.39. The van der Waals surface area contributed by atoms with Crippen molar-refractivity contribution in [1.82, 2.24) is 5.32 Å². The normalized spacial score (nSPS) is 24.5. The summed E-state index contributed by atoms with van der Waals surface area (Å²) in [5, 5.41) is 2.67. The van der Waals surface area contributed by atoms with Crippen LogP contribution in [0.1, 0.15) is 64.2 Å². The maximum absolute atomic E-state index is 13.0. The van der Waals surface area contributed by atoms with E-state index in [2.05, 4.69) is 10.3 Å². The van der Waals surface area contributed by atoms with Gasteiger partial charge in [-0.2, -0.15) is 13.2 Å². The van der Waals surface area contributed by atoms with Crippen LogP contribution in [0, 0.1) is 0 Å². The lowest BCUT2D eigenvalue weighted by Crippen LogP contribution is -2.45. The minimum atomic E-state index is -4.34. The van der Waals surface area contributed by atoms with Crippen LogP contribution in [-0.4, -0.2) is 24.1 Å². The van der Waals surface area contributed by atoms with Crippen LogP contribution in [0.25, 0.3) is 0 Å². The van der Waals surface area contributed by atoms with Crippen LogP contribution in [0.15, 0.2) is 4.99 Å². The first-order valence-corrected chi connectivity index (χ1v) is 7.47. The molecule has 0 heterocycles. The second-order valence-corrected chi connectivity index (χ2v) is 5.75. The number of aliphatic imine (C=N–C) groups is 1. The van der Waals surface area contributed by atoms with E-state index in [1.54, 1.807) is 0 Å². The van der Waals surface area contributed by atoms with Crippen molar-refractivity contribution < 1.29 is 13.2 Å². The summed E-state index contributed by atoms with van der Waals surface area (Å²) in [5.74, 6) is -0.730. The minimum absolute atomic E-state index is 0.0438. The van der Waals surface area contributed by atoms with Crippen LogP contribution >= 0.6 is 0 Å². The van der Waals surface area contributed by atoms with Crippen LogP contribution in [-0.2, 0) is 0 Å². The van der Waals surface area contributed by atoms with Crippen LogP contribution in [0.2, 0.25) is 0 Å². The first kappa shape index (κ1) is 14.7. The third-order valence-electron chi connectivity index (χ3n) is 4.10. The Labute approximate surface area is 112 Å². The highest BCUT2D eigenvalue weighted by Gasteiger charge is 2.38. The molecule has 0 aromatic carbocycles. The van der Waals surface area contributed by atoms with Crippen LogP contribution < -0.4 is 5.32 Å². The molecule has 2 aliphatic rings. The summed E-state index contributed by atoms with van der Waals surface area (Å²) < 4.78 is 39.1. The fourth-order valence-electron chi connectivity index (χ4n) is 3.03. The quantitative estimate of drug-likeness (QED) is 0.593. The monoisotopic (exact) mass is 276 g/mol. The predicted octanol–water partition coefficient (Wildman–Crippen LogP) is 4.20. The fourth-order valence-corrected chi connectivity index (χ4v) is 3.03. The highest BCUT2D eigenvalue weighted by Crippen LogP contribution is 2.25. The Morgan fingerprint density at radius 3 is 1.89 bits per heavy atom. The third kappa shape index (κ3) is 4.69. The number of halogens is 3. The summed E-state index contributed by atoms with van der Waals surface area (Å²) in [6.07, 6.45) is 5.24. The van der Waals surface area contributed by atoms with Crippen molar-refractivity contribution in [2.75, 3.05) is 0 Å². The number of nitrogens with zero attached hydrogens (tertiary/aromatic N) is 1. The molecule has 110 valence electrons. The summed E-state index contributed by atoms with van der Waals surface area (Å²) in [6, 6.07) is -0.181. The lowest BCUT2D eigenvalue weighted by molar-refractivity contribution is -0.0630. The van der Waals surface area contributed by atoms with Crippen LogP contribution in [0.5, 0.6) is 0 Å². The number of alkyl halides is 3. The van der Waals surface area contributed by atoms with E-state index in [0.29, 0.717) is 0 Å². The van der Waals surface area contributed by atoms with Gasteiger partial charge in [0.2, 0.25) is 5.84 Å². The largest absolute Gasteiger partial charge is 0.448 e. The van der Waals surface area contributed by atoms with Gasteiger partial charge in [-0.15, -0.1) is 0 Å². The molecule has 0 spiro atoms. The van der Waals surface area contributed by atoms with E-state index >= 15 is 0 Å². The van der Waals surface area contributed by atoms with E-state index in [-0.39, 0.29) is 12.1 Å². The van der Waals surface area contributed by atoms with Gasteiger partial charge in [-0.3, -0.25) is 4.99 Å². The molecule has 0 bridgehead atoms. The molecule has 0 amide bonds. The van der Waals surface area contributed by atoms with Crippen molar-refractivity contribution in [1.29, 1.82) is 0 Å². The fraction of sp³-hybridized carbons (Fsp3) is 0.929. The molecule has 0 saturated heterocycles. The van der Waals surface area contributed by atoms with Gasteiger partial charge in [0.1, 0.15) is 0 Å². The Balaban J connectivity index is 1.99. The number of amidine groups is 1. The molecule has 5 heteroatoms. The summed E-state index contributed by atoms with van der Waals surface area (Å²) in [6.45, 7) is 0. The second-order valence-electron chi connectivity index (χ2n) is 5.75. The Morgan fingerprint density at radius 2 is 1.37 bits per heavy atom. The lowest BCUT2D eigenvalue weighted by atomic mass is 9.95. The van der Waals surface area contributed by atoms with Crippen molar-refractivity contribution in [3.8, 4) is 0 Å². The first-order chi connectivity index (χ1) is 9.05. The van der Waals surface area contributed by atoms with Gasteiger partial charge in [-0.25, -0.2) is 0 Å². The maximum Gasteiger partial charge on any atom is 0.448 e. The van der Waals surface area contributed by atoms with Gasteiger partial charge in [0.25, 0.3) is 0 Å². The van der Waals surface area contributed by atoms with Gasteiger partial charge in [-0.1, -0.05) is 38.5 Å². The lowest BCUT2D eigenvalue weighted by Gasteiger charge is -2.27. The SMILES string of the molecule is FC(F)(F)C(=NC1CCCCC1)NC1CCCCC1. The molecule has 0 aromatic heterocycles. The maximum atomic E-state index is 13.0. The predicted molar refractivity (Wildman–Crippen MR) is 70.4 cm³/mol. The van der Waals surface area contributed by atoms with E-state index in [1.807, 2.05) is 0 Å². The van der Waals surface area contributed by atoms with E-state index in [9.17, 15) is 13.2 Å². The molecule has 0 aliphatic heterocycles. The molecule has 0 atom stereocenters. The number of hydrogen-bond donors (Lipinski definition) is 1. The number of hydrogen-bond acceptors (Lipinski definition) is 1. The second kappa shape index (κ2) is 6.62. The van der Waals surface area contributed by atoms with Crippen molar-refractivity contribution in [3.05, 3.63) is 0 Å². The van der Waals surface area contributed by atoms with Crippen molar-refractivity contribution in [3.63, 3.8) is 0 Å². The number of rotatable bonds is 2. The van der Waals surface area contributed by atoms with Crippen molar-refractivity contribution in [2.45, 2.75) is 82.5 Å². The Kier molecular flexibility index (Phi) is 5.11. The highest BCUT2D eigenvalue weighted by molar-refractivity contribution is 5.88. The van der Waals surface area contributed by atoms with Gasteiger partial charge < -0.3 is 5.32 Å². The topological polar surface area (TPSA) is 24.4 Å². The van der Waals surface area contributed by atoms with Crippen molar-refractivity contribution >= 4 is 5.84 Å². The molecule has 2 fully saturated rings. The zero-order valence-corrected chi connectivity index (χ0v) is 11.3. The summed E-state index contributed by atoms with van der Waals surface area (Å²) >= 11 is 0. The molecule has 19 heavy (non-hydrogen) atoms. The molecule has 2 rings (SSSR count). The minimum Gasteiger partial charge on any atom is -0.364 e. The molecular formula is C14H23F3N2. The zero-order chi connectivity index (χ0) is 13.7. The molecule has 0 aromatic rings. The van der Waals surface area contributed by atoms with Crippen LogP contribution in [0.4, 0.5) is 13.2 Å². The van der Waals surface area contributed by atoms with E-state index in [0.717, 1.165) is 64.2 Å². The van der Waals surface area contributed by atoms with Gasteiger partial charge in [0.05, 0.1) is 6.04 Å². The molecular weight excluding hydrogens is 253 g/mol. The Hall–Kier alpha value is -0.740. The first-order valence-electron chi connectivity index (χ1n) is 7.47. The molecule has 1 N–H and O–H groups in total. The van der Waals surface area contributed by atoms with Gasteiger partial charge in [0.15, 0.2) is 0 Å². The third-order valence-corrected chi connectivity index (χ3v) is 4.10. The van der Waals surface area contributed by atoms with Gasteiger partial charge in [-0.05, 0) is 25.7 Å². The van der Waals surface area contributed by atoms with Crippen LogP contribution in [0.3, 0.4) is 0 Å². The van der Waals surface area contributed by atoms with Gasteiger partial charge >= 0.3 is 6.18 Å². The molecule has 2 aliphatic carbocycles. The average molecular weight is 276 g/mol. The Morgan fingerprint density at radius 1 is 0.842 bits per heavy atom. The van der Waals surface area contributed by atoms with Crippen molar-refractivity contribution in [2.24, 2.45) is 4.99 Å². The molecule has 2 saturated carbocycles. The summed E-state index contributed by atoms with van der Waals surface area (Å²) in [5.41, 5.74) is 0. The Bertz CT molecular complexity index is 300. The molecule has 0 radical (unpaired) electrons. The highest BCUT2D eigenvalue weighted by atomic mass is 19.4. The smallest absolute Gasteiger partial charge is 0.364 e. The zero-order valence-electron chi connectivity index (χ0n) is 11.3. The van der Waals surface area contributed by atoms with E-state index < -0.39 is 12.0 Å². The number of nitrogens with one attached hydrogen (secondary N) is 1. The molecule has 0 unspecified atom stereocenters. The van der Waals surface area contributed by atoms with E-state index in [1.165, 1.54) is 0 Å². The van der Waals surface area contributed by atoms with Gasteiger partial charge in [0, 0.05) is 6.04 Å². The molecule has 2 nitrogen and oxygen atoms in total.